The minimum atomic E-state index is -0.0915. The van der Waals surface area contributed by atoms with Gasteiger partial charge < -0.3 is 14.7 Å². The van der Waals surface area contributed by atoms with Crippen molar-refractivity contribution < 1.29 is 9.59 Å². The average Bonchev–Trinajstić information content (AvgIpc) is 3.27. The number of anilines is 1. The zero-order valence-corrected chi connectivity index (χ0v) is 20.1. The van der Waals surface area contributed by atoms with Crippen LogP contribution >= 0.6 is 22.9 Å². The number of benzene rings is 1. The van der Waals surface area contributed by atoms with Gasteiger partial charge in [-0.05, 0) is 43.0 Å². The summed E-state index contributed by atoms with van der Waals surface area (Å²) in [5, 5.41) is 11.3. The third-order valence-electron chi connectivity index (χ3n) is 5.70. The topological polar surface area (TPSA) is 69.6 Å². The first kappa shape index (κ1) is 23.2. The highest BCUT2D eigenvalue weighted by Gasteiger charge is 2.24. The summed E-state index contributed by atoms with van der Waals surface area (Å²) in [5.74, 6) is 0.665. The number of hydrogen-bond acceptors (Lipinski definition) is 6. The van der Waals surface area contributed by atoms with Crippen LogP contribution in [0, 0.1) is 0 Å². The van der Waals surface area contributed by atoms with Crippen molar-refractivity contribution in [1.29, 1.82) is 0 Å². The van der Waals surface area contributed by atoms with Crippen LogP contribution in [-0.2, 0) is 4.79 Å². The number of aromatic nitrogens is 2. The fourth-order valence-corrected chi connectivity index (χ4v) is 4.77. The van der Waals surface area contributed by atoms with Crippen molar-refractivity contribution in [2.75, 3.05) is 44.2 Å². The lowest BCUT2D eigenvalue weighted by Crippen LogP contribution is -2.44. The largest absolute Gasteiger partial charge is 0.353 e. The smallest absolute Gasteiger partial charge is 0.264 e. The van der Waals surface area contributed by atoms with Crippen LogP contribution in [0.25, 0.3) is 11.3 Å². The van der Waals surface area contributed by atoms with Crippen LogP contribution in [0.5, 0.6) is 0 Å². The van der Waals surface area contributed by atoms with Crippen molar-refractivity contribution in [1.82, 2.24) is 20.0 Å². The number of rotatable bonds is 6. The molecule has 0 aliphatic carbocycles. The molecule has 3 aromatic rings. The van der Waals surface area contributed by atoms with Gasteiger partial charge in [0, 0.05) is 38.3 Å². The Bertz CT molecular complexity index is 1090. The van der Waals surface area contributed by atoms with E-state index in [1.54, 1.807) is 11.0 Å². The molecule has 7 nitrogen and oxygen atoms in total. The predicted octanol–water partition coefficient (Wildman–Crippen LogP) is 4.06. The minimum Gasteiger partial charge on any atom is -0.353 e. The fourth-order valence-electron chi connectivity index (χ4n) is 3.85. The molecule has 0 saturated carbocycles. The fraction of sp³-hybridized carbons (Fsp3) is 0.333. The zero-order valence-electron chi connectivity index (χ0n) is 18.5. The van der Waals surface area contributed by atoms with E-state index in [0.717, 1.165) is 30.0 Å². The summed E-state index contributed by atoms with van der Waals surface area (Å²) in [6, 6.07) is 15.1. The molecule has 0 atom stereocenters. The molecule has 1 aliphatic rings. The number of likely N-dealkylation sites (N-methyl/N-ethyl adjacent to an activating group) is 1. The van der Waals surface area contributed by atoms with Crippen LogP contribution in [0.3, 0.4) is 0 Å². The standard InChI is InChI=1S/C24H26ClN5O2S/c1-2-28(24(32)21-9-5-16-33-21)17-23(31)30-13-6-12-29(14-15-30)22-11-10-20(26-27-22)18-7-3-4-8-19(18)25/h3-5,7-11,16H,2,6,12-15,17H2,1H3. The lowest BCUT2D eigenvalue weighted by atomic mass is 10.1. The molecule has 0 radical (unpaired) electrons. The molecule has 33 heavy (non-hydrogen) atoms. The Morgan fingerprint density at radius 1 is 1.03 bits per heavy atom. The van der Waals surface area contributed by atoms with Crippen molar-refractivity contribution >= 4 is 40.6 Å². The summed E-state index contributed by atoms with van der Waals surface area (Å²) in [6.07, 6.45) is 0.824. The number of thiophene rings is 1. The number of halogens is 1. The van der Waals surface area contributed by atoms with Crippen LogP contribution in [-0.4, -0.2) is 71.1 Å². The Hall–Kier alpha value is -2.97. The maximum Gasteiger partial charge on any atom is 0.264 e. The summed E-state index contributed by atoms with van der Waals surface area (Å²) in [4.78, 5) is 31.8. The van der Waals surface area contributed by atoms with Gasteiger partial charge in [-0.3, -0.25) is 9.59 Å². The molecule has 2 aromatic heterocycles. The molecule has 0 N–H and O–H groups in total. The molecule has 1 fully saturated rings. The molecule has 172 valence electrons. The van der Waals surface area contributed by atoms with Crippen molar-refractivity contribution in [3.05, 3.63) is 63.8 Å². The summed E-state index contributed by atoms with van der Waals surface area (Å²) in [5.41, 5.74) is 1.58. The van der Waals surface area contributed by atoms with Gasteiger partial charge in [-0.25, -0.2) is 0 Å². The monoisotopic (exact) mass is 483 g/mol. The van der Waals surface area contributed by atoms with Crippen molar-refractivity contribution in [3.8, 4) is 11.3 Å². The lowest BCUT2D eigenvalue weighted by Gasteiger charge is -2.26. The molecule has 2 amide bonds. The van der Waals surface area contributed by atoms with Gasteiger partial charge in [0.05, 0.1) is 15.6 Å². The van der Waals surface area contributed by atoms with Crippen LogP contribution in [0.15, 0.2) is 53.9 Å². The van der Waals surface area contributed by atoms with Crippen LogP contribution < -0.4 is 4.90 Å². The summed E-state index contributed by atoms with van der Waals surface area (Å²) in [6.45, 7) is 5.18. The lowest BCUT2D eigenvalue weighted by molar-refractivity contribution is -0.131. The Balaban J connectivity index is 1.36. The number of nitrogens with zero attached hydrogens (tertiary/aromatic N) is 5. The van der Waals surface area contributed by atoms with Gasteiger partial charge in [0.25, 0.3) is 5.91 Å². The van der Waals surface area contributed by atoms with E-state index in [-0.39, 0.29) is 18.4 Å². The highest BCUT2D eigenvalue weighted by molar-refractivity contribution is 7.12. The number of carbonyl (C=O) groups excluding carboxylic acids is 2. The van der Waals surface area contributed by atoms with Crippen molar-refractivity contribution in [2.24, 2.45) is 0 Å². The first-order chi connectivity index (χ1) is 16.1. The molecule has 4 rings (SSSR count). The van der Waals surface area contributed by atoms with Crippen LogP contribution in [0.2, 0.25) is 5.02 Å². The summed E-state index contributed by atoms with van der Waals surface area (Å²) >= 11 is 7.67. The normalized spacial score (nSPS) is 14.1. The third-order valence-corrected chi connectivity index (χ3v) is 6.89. The maximum atomic E-state index is 12.9. The Morgan fingerprint density at radius 2 is 1.88 bits per heavy atom. The van der Waals surface area contributed by atoms with Gasteiger partial charge in [-0.15, -0.1) is 21.5 Å². The quantitative estimate of drug-likeness (QED) is 0.528. The van der Waals surface area contributed by atoms with Gasteiger partial charge in [-0.2, -0.15) is 0 Å². The van der Waals surface area contributed by atoms with E-state index in [9.17, 15) is 9.59 Å². The second-order valence-electron chi connectivity index (χ2n) is 7.77. The zero-order chi connectivity index (χ0) is 23.2. The van der Waals surface area contributed by atoms with Crippen LogP contribution in [0.1, 0.15) is 23.0 Å². The molecule has 1 aliphatic heterocycles. The summed E-state index contributed by atoms with van der Waals surface area (Å²) < 4.78 is 0. The molecular weight excluding hydrogens is 458 g/mol. The van der Waals surface area contributed by atoms with Gasteiger partial charge >= 0.3 is 0 Å². The van der Waals surface area contributed by atoms with Gasteiger partial charge in [-0.1, -0.05) is 35.9 Å². The predicted molar refractivity (Wildman–Crippen MR) is 132 cm³/mol. The van der Waals surface area contributed by atoms with E-state index in [0.29, 0.717) is 36.1 Å². The Kier molecular flexibility index (Phi) is 7.57. The molecule has 9 heteroatoms. The SMILES string of the molecule is CCN(CC(=O)N1CCCN(c2ccc(-c3ccccc3Cl)nn2)CC1)C(=O)c1cccs1. The molecule has 1 saturated heterocycles. The molecular formula is C24H26ClN5O2S. The number of carbonyl (C=O) groups is 2. The third kappa shape index (κ3) is 5.51. The van der Waals surface area contributed by atoms with E-state index in [1.165, 1.54) is 11.3 Å². The molecule has 0 bridgehead atoms. The molecule has 0 spiro atoms. The van der Waals surface area contributed by atoms with Crippen molar-refractivity contribution in [3.63, 3.8) is 0 Å². The number of amides is 2. The van der Waals surface area contributed by atoms with Crippen molar-refractivity contribution in [2.45, 2.75) is 13.3 Å². The van der Waals surface area contributed by atoms with E-state index in [1.807, 2.05) is 59.7 Å². The Labute approximate surface area is 202 Å². The molecule has 3 heterocycles. The highest BCUT2D eigenvalue weighted by Crippen LogP contribution is 2.26. The summed E-state index contributed by atoms with van der Waals surface area (Å²) in [7, 11) is 0. The second kappa shape index (κ2) is 10.8. The van der Waals surface area contributed by atoms with Gasteiger partial charge in [0.15, 0.2) is 5.82 Å². The van der Waals surface area contributed by atoms with E-state index < -0.39 is 0 Å². The Morgan fingerprint density at radius 3 is 2.58 bits per heavy atom. The second-order valence-corrected chi connectivity index (χ2v) is 9.13. The maximum absolute atomic E-state index is 12.9. The first-order valence-electron chi connectivity index (χ1n) is 11.0. The van der Waals surface area contributed by atoms with Crippen LogP contribution in [0.4, 0.5) is 5.82 Å². The highest BCUT2D eigenvalue weighted by atomic mass is 35.5. The number of hydrogen-bond donors (Lipinski definition) is 0. The van der Waals surface area contributed by atoms with Gasteiger partial charge in [0.2, 0.25) is 5.91 Å². The minimum absolute atomic E-state index is 0.0243. The van der Waals surface area contributed by atoms with E-state index in [2.05, 4.69) is 15.1 Å². The van der Waals surface area contributed by atoms with E-state index >= 15 is 0 Å². The molecule has 1 aromatic carbocycles. The molecule has 0 unspecified atom stereocenters. The van der Waals surface area contributed by atoms with E-state index in [4.69, 9.17) is 11.6 Å². The first-order valence-corrected chi connectivity index (χ1v) is 12.3. The van der Waals surface area contributed by atoms with Gasteiger partial charge in [0.1, 0.15) is 6.54 Å². The average molecular weight is 484 g/mol.